The minimum absolute atomic E-state index is 0.0291. The lowest BCUT2D eigenvalue weighted by atomic mass is 9.89. The van der Waals surface area contributed by atoms with E-state index in [-0.39, 0.29) is 18.1 Å². The molecule has 1 unspecified atom stereocenters. The topological polar surface area (TPSA) is 78.2 Å². The maximum atomic E-state index is 13.7. The molecule has 0 saturated carbocycles. The Morgan fingerprint density at radius 1 is 1.12 bits per heavy atom. The SMILES string of the molecule is COC(=O)CC1c2cc(OC)c(OC)cc2CCN1C(=O)c1oc2ccc(F)cc2c1C. The number of ether oxygens (including phenoxy) is 3. The van der Waals surface area contributed by atoms with Crippen molar-refractivity contribution in [3.63, 3.8) is 0 Å². The van der Waals surface area contributed by atoms with Crippen molar-refractivity contribution in [1.29, 1.82) is 0 Å². The molecule has 1 amide bonds. The van der Waals surface area contributed by atoms with Gasteiger partial charge >= 0.3 is 5.97 Å². The van der Waals surface area contributed by atoms with Gasteiger partial charge in [-0.15, -0.1) is 0 Å². The number of carbonyl (C=O) groups is 2. The van der Waals surface area contributed by atoms with E-state index in [9.17, 15) is 14.0 Å². The van der Waals surface area contributed by atoms with Gasteiger partial charge in [-0.3, -0.25) is 9.59 Å². The number of methoxy groups -OCH3 is 3. The van der Waals surface area contributed by atoms with Crippen molar-refractivity contribution in [2.45, 2.75) is 25.8 Å². The van der Waals surface area contributed by atoms with Crippen molar-refractivity contribution in [3.05, 3.63) is 58.6 Å². The fourth-order valence-corrected chi connectivity index (χ4v) is 4.26. The highest BCUT2D eigenvalue weighted by Crippen LogP contribution is 2.40. The lowest BCUT2D eigenvalue weighted by molar-refractivity contribution is -0.142. The third kappa shape index (κ3) is 3.66. The van der Waals surface area contributed by atoms with Gasteiger partial charge in [-0.1, -0.05) is 0 Å². The molecule has 0 radical (unpaired) electrons. The normalized spacial score (nSPS) is 15.4. The molecule has 1 aromatic heterocycles. The summed E-state index contributed by atoms with van der Waals surface area (Å²) in [6.07, 6.45) is 0.533. The molecule has 0 aliphatic carbocycles. The van der Waals surface area contributed by atoms with Gasteiger partial charge in [-0.05, 0) is 54.8 Å². The predicted molar refractivity (Wildman–Crippen MR) is 115 cm³/mol. The van der Waals surface area contributed by atoms with Gasteiger partial charge in [-0.25, -0.2) is 4.39 Å². The van der Waals surface area contributed by atoms with Crippen molar-refractivity contribution < 1.29 is 32.6 Å². The minimum Gasteiger partial charge on any atom is -0.493 e. The summed E-state index contributed by atoms with van der Waals surface area (Å²) in [5.41, 5.74) is 2.73. The molecule has 0 spiro atoms. The van der Waals surface area contributed by atoms with Gasteiger partial charge in [-0.2, -0.15) is 0 Å². The summed E-state index contributed by atoms with van der Waals surface area (Å²) in [6.45, 7) is 2.09. The second kappa shape index (κ2) is 8.53. The average Bonchev–Trinajstić information content (AvgIpc) is 3.13. The van der Waals surface area contributed by atoms with Crippen molar-refractivity contribution in [2.75, 3.05) is 27.9 Å². The molecule has 1 aliphatic heterocycles. The maximum absolute atomic E-state index is 13.7. The van der Waals surface area contributed by atoms with Crippen molar-refractivity contribution in [2.24, 2.45) is 0 Å². The van der Waals surface area contributed by atoms with Crippen LogP contribution < -0.4 is 9.47 Å². The van der Waals surface area contributed by atoms with E-state index < -0.39 is 17.8 Å². The van der Waals surface area contributed by atoms with Crippen molar-refractivity contribution >= 4 is 22.8 Å². The zero-order chi connectivity index (χ0) is 23.0. The number of benzene rings is 2. The summed E-state index contributed by atoms with van der Waals surface area (Å²) < 4.78 is 35.2. The molecule has 0 N–H and O–H groups in total. The van der Waals surface area contributed by atoms with Crippen LogP contribution in [0.2, 0.25) is 0 Å². The Labute approximate surface area is 184 Å². The minimum atomic E-state index is -0.581. The molecular formula is C24H24FNO6. The van der Waals surface area contributed by atoms with Gasteiger partial charge in [0, 0.05) is 17.5 Å². The number of halogens is 1. The number of hydrogen-bond acceptors (Lipinski definition) is 6. The molecule has 1 aliphatic rings. The van der Waals surface area contributed by atoms with Crippen LogP contribution in [0.4, 0.5) is 4.39 Å². The zero-order valence-corrected chi connectivity index (χ0v) is 18.4. The standard InChI is InChI=1S/C24H24FNO6/c1-13-16-10-15(25)5-6-19(16)32-23(13)24(28)26-8-7-14-9-20(29-2)21(30-3)11-17(14)18(26)12-22(27)31-4/h5-6,9-11,18H,7-8,12H2,1-4H3. The van der Waals surface area contributed by atoms with Crippen LogP contribution in [0.1, 0.15) is 39.7 Å². The lowest BCUT2D eigenvalue weighted by Crippen LogP contribution is -2.41. The van der Waals surface area contributed by atoms with Crippen LogP contribution in [0.15, 0.2) is 34.7 Å². The summed E-state index contributed by atoms with van der Waals surface area (Å²) in [7, 11) is 4.40. The first-order valence-electron chi connectivity index (χ1n) is 10.2. The first kappa shape index (κ1) is 21.7. The third-order valence-electron chi connectivity index (χ3n) is 5.94. The van der Waals surface area contributed by atoms with Crippen molar-refractivity contribution in [3.8, 4) is 11.5 Å². The first-order chi connectivity index (χ1) is 15.4. The second-order valence-corrected chi connectivity index (χ2v) is 7.65. The summed E-state index contributed by atoms with van der Waals surface area (Å²) in [5.74, 6) is -0.00242. The molecule has 3 aromatic rings. The Balaban J connectivity index is 1.79. The lowest BCUT2D eigenvalue weighted by Gasteiger charge is -2.37. The Hall–Kier alpha value is -3.55. The van der Waals surface area contributed by atoms with E-state index in [1.54, 1.807) is 25.0 Å². The average molecular weight is 441 g/mol. The highest BCUT2D eigenvalue weighted by Gasteiger charge is 2.36. The van der Waals surface area contributed by atoms with E-state index in [1.165, 1.54) is 32.4 Å². The van der Waals surface area contributed by atoms with Crippen LogP contribution in [0.5, 0.6) is 11.5 Å². The molecule has 7 nitrogen and oxygen atoms in total. The van der Waals surface area contributed by atoms with E-state index in [4.69, 9.17) is 18.6 Å². The number of nitrogens with zero attached hydrogens (tertiary/aromatic N) is 1. The third-order valence-corrected chi connectivity index (χ3v) is 5.94. The van der Waals surface area contributed by atoms with Crippen LogP contribution in [-0.4, -0.2) is 44.7 Å². The molecule has 2 heterocycles. The molecule has 168 valence electrons. The molecule has 0 bridgehead atoms. The number of furan rings is 1. The van der Waals surface area contributed by atoms with Gasteiger partial charge in [0.05, 0.1) is 33.8 Å². The van der Waals surface area contributed by atoms with Gasteiger partial charge in [0.15, 0.2) is 17.3 Å². The van der Waals surface area contributed by atoms with E-state index in [2.05, 4.69) is 0 Å². The van der Waals surface area contributed by atoms with Gasteiger partial charge in [0.2, 0.25) is 0 Å². The molecule has 0 fully saturated rings. The highest BCUT2D eigenvalue weighted by molar-refractivity contribution is 5.99. The van der Waals surface area contributed by atoms with Gasteiger partial charge in [0.1, 0.15) is 11.4 Å². The quantitative estimate of drug-likeness (QED) is 0.553. The van der Waals surface area contributed by atoms with Gasteiger partial charge in [0.25, 0.3) is 5.91 Å². The predicted octanol–water partition coefficient (Wildman–Crippen LogP) is 4.20. The summed E-state index contributed by atoms with van der Waals surface area (Å²) in [6, 6.07) is 7.22. The Morgan fingerprint density at radius 3 is 2.53 bits per heavy atom. The van der Waals surface area contributed by atoms with Crippen LogP contribution in [0.3, 0.4) is 0 Å². The molecule has 2 aromatic carbocycles. The number of carbonyl (C=O) groups excluding carboxylic acids is 2. The summed E-state index contributed by atoms with van der Waals surface area (Å²) in [5, 5.41) is 0.543. The number of esters is 1. The fourth-order valence-electron chi connectivity index (χ4n) is 4.26. The monoisotopic (exact) mass is 441 g/mol. The van der Waals surface area contributed by atoms with Crippen LogP contribution in [-0.2, 0) is 16.0 Å². The van der Waals surface area contributed by atoms with Crippen molar-refractivity contribution in [1.82, 2.24) is 4.90 Å². The van der Waals surface area contributed by atoms with E-state index in [1.807, 2.05) is 6.07 Å². The number of hydrogen-bond donors (Lipinski definition) is 0. The highest BCUT2D eigenvalue weighted by atomic mass is 19.1. The summed E-state index contributed by atoms with van der Waals surface area (Å²) in [4.78, 5) is 27.4. The number of rotatable bonds is 5. The van der Waals surface area contributed by atoms with Crippen LogP contribution in [0, 0.1) is 12.7 Å². The Bertz CT molecular complexity index is 1200. The van der Waals surface area contributed by atoms with Crippen LogP contribution >= 0.6 is 0 Å². The molecule has 32 heavy (non-hydrogen) atoms. The summed E-state index contributed by atoms with van der Waals surface area (Å²) >= 11 is 0. The first-order valence-corrected chi connectivity index (χ1v) is 10.2. The number of aryl methyl sites for hydroxylation is 1. The van der Waals surface area contributed by atoms with Gasteiger partial charge < -0.3 is 23.5 Å². The number of amides is 1. The fraction of sp³-hybridized carbons (Fsp3) is 0.333. The Morgan fingerprint density at radius 2 is 1.84 bits per heavy atom. The largest absolute Gasteiger partial charge is 0.493 e. The van der Waals surface area contributed by atoms with E-state index in [0.29, 0.717) is 41.0 Å². The number of fused-ring (bicyclic) bond motifs is 2. The molecule has 0 saturated heterocycles. The smallest absolute Gasteiger partial charge is 0.307 e. The van der Waals surface area contributed by atoms with E-state index >= 15 is 0 Å². The molecular weight excluding hydrogens is 417 g/mol. The van der Waals surface area contributed by atoms with E-state index in [0.717, 1.165) is 11.1 Å². The molecule has 8 heteroatoms. The van der Waals surface area contributed by atoms with Crippen LogP contribution in [0.25, 0.3) is 11.0 Å². The Kier molecular flexibility index (Phi) is 5.78. The molecule has 1 atom stereocenters. The zero-order valence-electron chi connectivity index (χ0n) is 18.4. The molecule has 4 rings (SSSR count). The maximum Gasteiger partial charge on any atom is 0.307 e. The second-order valence-electron chi connectivity index (χ2n) is 7.65.